The number of nitrogens with zero attached hydrogens (tertiary/aromatic N) is 2. The van der Waals surface area contributed by atoms with Gasteiger partial charge in [0.2, 0.25) is 5.91 Å². The number of carbonyl (C=O) groups is 3. The van der Waals surface area contributed by atoms with Crippen LogP contribution in [-0.4, -0.2) is 54.3 Å². The molecular weight excluding hydrogens is 542 g/mol. The lowest BCUT2D eigenvalue weighted by Crippen LogP contribution is -2.73. The molecule has 2 aliphatic rings. The number of rotatable bonds is 8. The molecule has 10 nitrogen and oxygen atoms in total. The molecule has 0 spiro atoms. The maximum absolute atomic E-state index is 12.9. The highest BCUT2D eigenvalue weighted by Gasteiger charge is 2.57. The Morgan fingerprint density at radius 2 is 1.83 bits per heavy atom. The summed E-state index contributed by atoms with van der Waals surface area (Å²) < 4.78 is 18.2. The Labute approximate surface area is 211 Å². The number of ether oxygens (including phenoxy) is 1. The van der Waals surface area contributed by atoms with Crippen LogP contribution in [-0.2, 0) is 42.9 Å². The Hall–Kier alpha value is -3.38. The number of esters is 1. The van der Waals surface area contributed by atoms with E-state index in [0.29, 0.717) is 11.1 Å². The number of fused-ring (bicyclic) bond motifs is 1. The van der Waals surface area contributed by atoms with Gasteiger partial charge in [-0.2, -0.15) is 0 Å². The Morgan fingerprint density at radius 3 is 2.46 bits per heavy atom. The first-order chi connectivity index (χ1) is 16.8. The van der Waals surface area contributed by atoms with Gasteiger partial charge in [0.1, 0.15) is 23.7 Å². The number of β-lactam (4-membered cyclic amide) rings is 1. The van der Waals surface area contributed by atoms with Crippen molar-refractivity contribution in [3.8, 4) is 0 Å². The van der Waals surface area contributed by atoms with Crippen molar-refractivity contribution >= 4 is 50.2 Å². The van der Waals surface area contributed by atoms with Crippen LogP contribution in [0.2, 0.25) is 0 Å². The molecule has 0 radical (unpaired) electrons. The number of hydrogen-bond acceptors (Lipinski definition) is 7. The van der Waals surface area contributed by atoms with Crippen molar-refractivity contribution in [2.45, 2.75) is 24.4 Å². The molecule has 0 aromatic heterocycles. The summed E-state index contributed by atoms with van der Waals surface area (Å²) in [5, 5.41) is 12.8. The van der Waals surface area contributed by atoms with Crippen molar-refractivity contribution in [2.75, 3.05) is 11.1 Å². The average molecular weight is 562 g/mol. The van der Waals surface area contributed by atoms with Crippen LogP contribution in [0.25, 0.3) is 0 Å². The van der Waals surface area contributed by atoms with Gasteiger partial charge in [-0.25, -0.2) is 4.79 Å². The molecule has 0 saturated carbocycles. The molecule has 0 aliphatic carbocycles. The first kappa shape index (κ1) is 24.7. The minimum Gasteiger partial charge on any atom is -0.456 e. The van der Waals surface area contributed by atoms with Gasteiger partial charge in [0.05, 0.1) is 27.9 Å². The van der Waals surface area contributed by atoms with Gasteiger partial charge in [-0.3, -0.25) is 28.8 Å². The topological polar surface area (TPSA) is 136 Å². The van der Waals surface area contributed by atoms with Crippen molar-refractivity contribution in [3.05, 3.63) is 87.1 Å². The number of nitro benzene ring substituents is 1. The maximum atomic E-state index is 12.9. The summed E-state index contributed by atoms with van der Waals surface area (Å²) >= 11 is 3.28. The quantitative estimate of drug-likeness (QED) is 0.171. The van der Waals surface area contributed by atoms with Gasteiger partial charge in [0.15, 0.2) is 0 Å². The lowest BCUT2D eigenvalue weighted by molar-refractivity contribution is -0.384. The Kier molecular flexibility index (Phi) is 7.41. The lowest BCUT2D eigenvalue weighted by Gasteiger charge is -2.49. The molecule has 182 valence electrons. The van der Waals surface area contributed by atoms with Gasteiger partial charge < -0.3 is 10.1 Å². The van der Waals surface area contributed by atoms with Gasteiger partial charge in [-0.1, -0.05) is 46.3 Å². The molecule has 2 amide bonds. The van der Waals surface area contributed by atoms with Gasteiger partial charge >= 0.3 is 5.97 Å². The third-order valence-electron chi connectivity index (χ3n) is 5.60. The minimum absolute atomic E-state index is 0.00643. The maximum Gasteiger partial charge on any atom is 0.355 e. The van der Waals surface area contributed by atoms with Crippen molar-refractivity contribution in [1.82, 2.24) is 10.2 Å². The molecule has 0 unspecified atom stereocenters. The Balaban J connectivity index is 1.45. The molecule has 2 aromatic rings. The molecule has 35 heavy (non-hydrogen) atoms. The second-order valence-corrected chi connectivity index (χ2v) is 10.0. The number of alkyl halides is 1. The normalized spacial score (nSPS) is 21.1. The third-order valence-corrected chi connectivity index (χ3v) is 7.93. The number of benzene rings is 2. The van der Waals surface area contributed by atoms with Crippen LogP contribution in [0.3, 0.4) is 0 Å². The van der Waals surface area contributed by atoms with Crippen LogP contribution >= 0.6 is 15.9 Å². The lowest BCUT2D eigenvalue weighted by atomic mass is 10.0. The van der Waals surface area contributed by atoms with E-state index in [2.05, 4.69) is 21.2 Å². The van der Waals surface area contributed by atoms with Crippen LogP contribution < -0.4 is 5.32 Å². The van der Waals surface area contributed by atoms with Crippen LogP contribution in [0.4, 0.5) is 5.69 Å². The number of carbonyl (C=O) groups excluding carboxylic acids is 3. The predicted octanol–water partition coefficient (Wildman–Crippen LogP) is 1.95. The van der Waals surface area contributed by atoms with Crippen molar-refractivity contribution in [3.63, 3.8) is 0 Å². The van der Waals surface area contributed by atoms with E-state index in [4.69, 9.17) is 4.74 Å². The first-order valence-electron chi connectivity index (χ1n) is 10.5. The molecule has 0 bridgehead atoms. The van der Waals surface area contributed by atoms with Crippen molar-refractivity contribution < 1.29 is 28.3 Å². The molecule has 1 N–H and O–H groups in total. The smallest absolute Gasteiger partial charge is 0.355 e. The molecule has 1 saturated heterocycles. The van der Waals surface area contributed by atoms with E-state index in [1.807, 2.05) is 6.07 Å². The SMILES string of the molecule is O=C(Cc1ccccc1)N[C@@H]1C(=O)N2C(C(=O)OCc3ccc([N+](=O)[O-])cc3)=C(CBr)C[S@](=O)[C@H]12. The van der Waals surface area contributed by atoms with Crippen LogP contribution in [0.15, 0.2) is 65.9 Å². The van der Waals surface area contributed by atoms with E-state index in [9.17, 15) is 28.7 Å². The monoisotopic (exact) mass is 561 g/mol. The number of nitrogens with one attached hydrogen (secondary N) is 1. The van der Waals surface area contributed by atoms with E-state index < -0.39 is 39.0 Å². The van der Waals surface area contributed by atoms with E-state index in [1.54, 1.807) is 24.3 Å². The zero-order chi connectivity index (χ0) is 25.1. The number of amides is 2. The highest BCUT2D eigenvalue weighted by molar-refractivity contribution is 9.09. The van der Waals surface area contributed by atoms with Crippen LogP contribution in [0, 0.1) is 10.1 Å². The summed E-state index contributed by atoms with van der Waals surface area (Å²) in [5.41, 5.74) is 1.67. The summed E-state index contributed by atoms with van der Waals surface area (Å²) in [6.07, 6.45) is 0.0661. The minimum atomic E-state index is -1.53. The zero-order valence-corrected chi connectivity index (χ0v) is 20.6. The number of hydrogen-bond donors (Lipinski definition) is 1. The molecular formula is C23H20BrN3O7S. The van der Waals surface area contributed by atoms with Crippen LogP contribution in [0.1, 0.15) is 11.1 Å². The van der Waals surface area contributed by atoms with E-state index >= 15 is 0 Å². The summed E-state index contributed by atoms with van der Waals surface area (Å²) in [6.45, 7) is -0.164. The molecule has 3 atom stereocenters. The fourth-order valence-electron chi connectivity index (χ4n) is 3.88. The summed E-state index contributed by atoms with van der Waals surface area (Å²) in [4.78, 5) is 49.7. The fourth-order valence-corrected chi connectivity index (χ4v) is 6.29. The molecule has 12 heteroatoms. The van der Waals surface area contributed by atoms with E-state index in [1.165, 1.54) is 24.3 Å². The van der Waals surface area contributed by atoms with Crippen LogP contribution in [0.5, 0.6) is 0 Å². The van der Waals surface area contributed by atoms with Crippen molar-refractivity contribution in [2.24, 2.45) is 0 Å². The third kappa shape index (κ3) is 5.17. The summed E-state index contributed by atoms with van der Waals surface area (Å²) in [6, 6.07) is 13.5. The van der Waals surface area contributed by atoms with E-state index in [-0.39, 0.29) is 41.4 Å². The number of halogens is 1. The van der Waals surface area contributed by atoms with Gasteiger partial charge in [0, 0.05) is 17.5 Å². The molecule has 2 aliphatic heterocycles. The second-order valence-electron chi connectivity index (χ2n) is 7.92. The highest BCUT2D eigenvalue weighted by Crippen LogP contribution is 2.36. The largest absolute Gasteiger partial charge is 0.456 e. The molecule has 1 fully saturated rings. The Morgan fingerprint density at radius 1 is 1.14 bits per heavy atom. The highest BCUT2D eigenvalue weighted by atomic mass is 79.9. The molecule has 2 heterocycles. The second kappa shape index (κ2) is 10.5. The summed E-state index contributed by atoms with van der Waals surface area (Å²) in [7, 11) is -1.53. The summed E-state index contributed by atoms with van der Waals surface area (Å²) in [5.74, 6) is -1.65. The average Bonchev–Trinajstić information content (AvgIpc) is 2.86. The molecule has 2 aromatic carbocycles. The first-order valence-corrected chi connectivity index (χ1v) is 13.0. The van der Waals surface area contributed by atoms with Gasteiger partial charge in [-0.15, -0.1) is 0 Å². The van der Waals surface area contributed by atoms with Gasteiger partial charge in [-0.05, 0) is 28.8 Å². The zero-order valence-electron chi connectivity index (χ0n) is 18.2. The standard InChI is InChI=1S/C23H20BrN3O7S/c24-11-16-13-35(33)22-19(25-18(28)10-14-4-2-1-3-5-14)21(29)26(22)20(16)23(30)34-12-15-6-8-17(9-7-15)27(31)32/h1-9,19,22H,10-13H2,(H,25,28)/t19-,22-,35+/m1/s1. The fraction of sp³-hybridized carbons (Fsp3) is 0.261. The predicted molar refractivity (Wildman–Crippen MR) is 129 cm³/mol. The Bertz CT molecular complexity index is 1230. The van der Waals surface area contributed by atoms with Gasteiger partial charge in [0.25, 0.3) is 11.6 Å². The molecule has 4 rings (SSSR count). The van der Waals surface area contributed by atoms with Crippen molar-refractivity contribution in [1.29, 1.82) is 0 Å². The van der Waals surface area contributed by atoms with E-state index in [0.717, 1.165) is 10.5 Å². The number of nitro groups is 1. The number of non-ortho nitro benzene ring substituents is 1.